The molecule has 0 aliphatic carbocycles. The lowest BCUT2D eigenvalue weighted by molar-refractivity contribution is -0.138. The average Bonchev–Trinajstić information content (AvgIpc) is 2.99. The molecule has 1 N–H and O–H groups in total. The molecule has 1 fully saturated rings. The van der Waals surface area contributed by atoms with E-state index in [1.165, 1.54) is 23.9 Å². The van der Waals surface area contributed by atoms with Gasteiger partial charge in [0.25, 0.3) is 0 Å². The second kappa shape index (κ2) is 7.70. The summed E-state index contributed by atoms with van der Waals surface area (Å²) in [4.78, 5) is 26.9. The fraction of sp³-hybridized carbons (Fsp3) is 0.263. The molecular formula is C19H19FN2O2S. The molecule has 0 spiro atoms. The third-order valence-electron chi connectivity index (χ3n) is 4.05. The molecule has 0 bridgehead atoms. The lowest BCUT2D eigenvalue weighted by Gasteiger charge is -2.32. The summed E-state index contributed by atoms with van der Waals surface area (Å²) in [6.45, 7) is 2.33. The van der Waals surface area contributed by atoms with Crippen molar-refractivity contribution in [3.63, 3.8) is 0 Å². The van der Waals surface area contributed by atoms with Crippen molar-refractivity contribution in [2.45, 2.75) is 18.3 Å². The maximum Gasteiger partial charge on any atom is 0.247 e. The van der Waals surface area contributed by atoms with E-state index < -0.39 is 6.04 Å². The number of rotatable bonds is 5. The molecule has 0 saturated carbocycles. The minimum Gasteiger partial charge on any atom is -0.354 e. The van der Waals surface area contributed by atoms with E-state index in [1.807, 2.05) is 37.3 Å². The second-order valence-corrected chi connectivity index (χ2v) is 6.79. The molecule has 3 rings (SSSR count). The lowest BCUT2D eigenvalue weighted by atomic mass is 10.0. The fourth-order valence-electron chi connectivity index (χ4n) is 2.94. The van der Waals surface area contributed by atoms with Crippen molar-refractivity contribution < 1.29 is 14.0 Å². The van der Waals surface area contributed by atoms with E-state index in [0.29, 0.717) is 12.3 Å². The monoisotopic (exact) mass is 358 g/mol. The van der Waals surface area contributed by atoms with Crippen molar-refractivity contribution in [3.8, 4) is 0 Å². The second-order valence-electron chi connectivity index (χ2n) is 5.72. The van der Waals surface area contributed by atoms with Crippen LogP contribution in [0.3, 0.4) is 0 Å². The Kier molecular flexibility index (Phi) is 5.38. The van der Waals surface area contributed by atoms with Crippen LogP contribution in [0.4, 0.5) is 4.39 Å². The highest BCUT2D eigenvalue weighted by Crippen LogP contribution is 2.43. The van der Waals surface area contributed by atoms with Crippen molar-refractivity contribution in [2.24, 2.45) is 0 Å². The summed E-state index contributed by atoms with van der Waals surface area (Å²) < 4.78 is 13.2. The first-order valence-electron chi connectivity index (χ1n) is 8.12. The number of likely N-dealkylation sites (N-methyl/N-ethyl adjacent to an activating group) is 1. The van der Waals surface area contributed by atoms with Gasteiger partial charge in [0.05, 0.1) is 5.75 Å². The molecule has 1 saturated heterocycles. The molecular weight excluding hydrogens is 339 g/mol. The van der Waals surface area contributed by atoms with Gasteiger partial charge in [-0.1, -0.05) is 42.5 Å². The Morgan fingerprint density at radius 1 is 1.24 bits per heavy atom. The molecule has 4 nitrogen and oxygen atoms in total. The van der Waals surface area contributed by atoms with Crippen LogP contribution in [0, 0.1) is 5.82 Å². The summed E-state index contributed by atoms with van der Waals surface area (Å²) in [5, 5.41) is 2.50. The first-order valence-corrected chi connectivity index (χ1v) is 9.17. The fourth-order valence-corrected chi connectivity index (χ4v) is 4.14. The molecule has 130 valence electrons. The summed E-state index contributed by atoms with van der Waals surface area (Å²) in [7, 11) is 0. The van der Waals surface area contributed by atoms with Gasteiger partial charge in [-0.2, -0.15) is 0 Å². The van der Waals surface area contributed by atoms with Crippen LogP contribution >= 0.6 is 11.8 Å². The zero-order chi connectivity index (χ0) is 17.8. The standard InChI is InChI=1S/C19H19FN2O2S/c1-2-21-18(24)17(13-6-4-3-5-7-13)22-16(23)12-25-19(22)14-8-10-15(20)11-9-14/h3-11,17,19H,2,12H2,1H3,(H,21,24)/t17-,19-/m0/s1. The molecule has 1 aliphatic heterocycles. The highest BCUT2D eigenvalue weighted by Gasteiger charge is 2.41. The van der Waals surface area contributed by atoms with Crippen molar-refractivity contribution in [1.82, 2.24) is 10.2 Å². The molecule has 1 aliphatic rings. The Hall–Kier alpha value is -2.34. The largest absolute Gasteiger partial charge is 0.354 e. The number of nitrogens with one attached hydrogen (secondary N) is 1. The molecule has 2 aromatic rings. The number of amides is 2. The van der Waals surface area contributed by atoms with E-state index in [0.717, 1.165) is 11.1 Å². The van der Waals surface area contributed by atoms with Gasteiger partial charge in [-0.3, -0.25) is 9.59 Å². The summed E-state index contributed by atoms with van der Waals surface area (Å²) in [5.74, 6) is -0.339. The van der Waals surface area contributed by atoms with Crippen LogP contribution in [-0.4, -0.2) is 29.0 Å². The molecule has 2 aromatic carbocycles. The topological polar surface area (TPSA) is 49.4 Å². The SMILES string of the molecule is CCNC(=O)[C@H](c1ccccc1)N1C(=O)CS[C@H]1c1ccc(F)cc1. The van der Waals surface area contributed by atoms with Crippen molar-refractivity contribution in [2.75, 3.05) is 12.3 Å². The van der Waals surface area contributed by atoms with Gasteiger partial charge in [-0.05, 0) is 30.2 Å². The van der Waals surface area contributed by atoms with Crippen molar-refractivity contribution >= 4 is 23.6 Å². The van der Waals surface area contributed by atoms with Crippen LogP contribution in [-0.2, 0) is 9.59 Å². The molecule has 25 heavy (non-hydrogen) atoms. The normalized spacial score (nSPS) is 18.2. The van der Waals surface area contributed by atoms with Gasteiger partial charge in [0.15, 0.2) is 0 Å². The van der Waals surface area contributed by atoms with Gasteiger partial charge >= 0.3 is 0 Å². The zero-order valence-electron chi connectivity index (χ0n) is 13.8. The summed E-state index contributed by atoms with van der Waals surface area (Å²) >= 11 is 1.45. The van der Waals surface area contributed by atoms with E-state index in [9.17, 15) is 14.0 Å². The number of benzene rings is 2. The Balaban J connectivity index is 2.01. The smallest absolute Gasteiger partial charge is 0.247 e. The number of carbonyl (C=O) groups is 2. The van der Waals surface area contributed by atoms with Crippen LogP contribution in [0.2, 0.25) is 0 Å². The highest BCUT2D eigenvalue weighted by atomic mass is 32.2. The van der Waals surface area contributed by atoms with E-state index in [-0.39, 0.29) is 23.0 Å². The van der Waals surface area contributed by atoms with Crippen LogP contribution < -0.4 is 5.32 Å². The van der Waals surface area contributed by atoms with Gasteiger partial charge in [0.1, 0.15) is 17.2 Å². The van der Waals surface area contributed by atoms with E-state index in [4.69, 9.17) is 0 Å². The summed E-state index contributed by atoms with van der Waals surface area (Å²) in [6, 6.07) is 14.6. The van der Waals surface area contributed by atoms with Crippen molar-refractivity contribution in [1.29, 1.82) is 0 Å². The molecule has 6 heteroatoms. The number of hydrogen-bond donors (Lipinski definition) is 1. The van der Waals surface area contributed by atoms with Gasteiger partial charge in [-0.15, -0.1) is 11.8 Å². The van der Waals surface area contributed by atoms with Gasteiger partial charge in [-0.25, -0.2) is 4.39 Å². The zero-order valence-corrected chi connectivity index (χ0v) is 14.6. The third kappa shape index (κ3) is 3.69. The first-order chi connectivity index (χ1) is 12.1. The Labute approximate surface area is 150 Å². The maximum absolute atomic E-state index is 13.2. The van der Waals surface area contributed by atoms with Gasteiger partial charge in [0, 0.05) is 6.54 Å². The number of carbonyl (C=O) groups excluding carboxylic acids is 2. The predicted octanol–water partition coefficient (Wildman–Crippen LogP) is 3.28. The molecule has 2 atom stereocenters. The number of thioether (sulfide) groups is 1. The molecule has 1 heterocycles. The quantitative estimate of drug-likeness (QED) is 0.892. The Morgan fingerprint density at radius 2 is 1.92 bits per heavy atom. The number of halogens is 1. The molecule has 0 aromatic heterocycles. The molecule has 0 radical (unpaired) electrons. The van der Waals surface area contributed by atoms with Crippen LogP contribution in [0.15, 0.2) is 54.6 Å². The number of hydrogen-bond acceptors (Lipinski definition) is 3. The first kappa shape index (κ1) is 17.5. The highest BCUT2D eigenvalue weighted by molar-refractivity contribution is 8.00. The van der Waals surface area contributed by atoms with Crippen molar-refractivity contribution in [3.05, 3.63) is 71.5 Å². The van der Waals surface area contributed by atoms with Crippen LogP contribution in [0.1, 0.15) is 29.5 Å². The van der Waals surface area contributed by atoms with Crippen LogP contribution in [0.5, 0.6) is 0 Å². The Morgan fingerprint density at radius 3 is 2.56 bits per heavy atom. The van der Waals surface area contributed by atoms with Gasteiger partial charge in [0.2, 0.25) is 11.8 Å². The van der Waals surface area contributed by atoms with Crippen LogP contribution in [0.25, 0.3) is 0 Å². The molecule has 0 unspecified atom stereocenters. The predicted molar refractivity (Wildman–Crippen MR) is 96.3 cm³/mol. The average molecular weight is 358 g/mol. The third-order valence-corrected chi connectivity index (χ3v) is 5.28. The molecule has 2 amide bonds. The van der Waals surface area contributed by atoms with Gasteiger partial charge < -0.3 is 10.2 Å². The number of nitrogens with zero attached hydrogens (tertiary/aromatic N) is 1. The Bertz CT molecular complexity index is 752. The summed E-state index contributed by atoms with van der Waals surface area (Å²) in [5.41, 5.74) is 1.57. The van der Waals surface area contributed by atoms with E-state index in [2.05, 4.69) is 5.32 Å². The lowest BCUT2D eigenvalue weighted by Crippen LogP contribution is -2.42. The maximum atomic E-state index is 13.2. The summed E-state index contributed by atoms with van der Waals surface area (Å²) in [6.07, 6.45) is 0. The minimum atomic E-state index is -0.710. The van der Waals surface area contributed by atoms with E-state index in [1.54, 1.807) is 17.0 Å². The van der Waals surface area contributed by atoms with E-state index >= 15 is 0 Å². The minimum absolute atomic E-state index is 0.0977.